The molecule has 0 spiro atoms. The van der Waals surface area contributed by atoms with Gasteiger partial charge in [0.05, 0.1) is 11.4 Å². The first kappa shape index (κ1) is 22.0. The molecule has 0 aliphatic carbocycles. The minimum Gasteiger partial charge on any atom is -0.354 e. The Hall–Kier alpha value is -2.71. The van der Waals surface area contributed by atoms with Crippen molar-refractivity contribution in [2.24, 2.45) is 0 Å². The molecule has 1 aliphatic heterocycles. The zero-order valence-corrected chi connectivity index (χ0v) is 18.0. The highest BCUT2D eigenvalue weighted by molar-refractivity contribution is 7.89. The maximum absolute atomic E-state index is 12.9. The van der Waals surface area contributed by atoms with Gasteiger partial charge in [-0.05, 0) is 48.1 Å². The van der Waals surface area contributed by atoms with Gasteiger partial charge in [0.25, 0.3) is 0 Å². The van der Waals surface area contributed by atoms with Gasteiger partial charge < -0.3 is 10.6 Å². The largest absolute Gasteiger partial charge is 0.354 e. The van der Waals surface area contributed by atoms with Crippen molar-refractivity contribution < 1.29 is 18.0 Å². The minimum absolute atomic E-state index is 0.0668. The summed E-state index contributed by atoms with van der Waals surface area (Å²) in [5, 5.41) is 5.60. The Bertz CT molecular complexity index is 1020. The lowest BCUT2D eigenvalue weighted by Gasteiger charge is -2.19. The first-order valence-corrected chi connectivity index (χ1v) is 11.4. The number of amides is 2. The van der Waals surface area contributed by atoms with Crippen molar-refractivity contribution in [3.63, 3.8) is 0 Å². The number of anilines is 1. The third-order valence-electron chi connectivity index (χ3n) is 5.25. The fourth-order valence-electron chi connectivity index (χ4n) is 3.40. The van der Waals surface area contributed by atoms with E-state index in [-0.39, 0.29) is 29.2 Å². The summed E-state index contributed by atoms with van der Waals surface area (Å²) < 4.78 is 26.9. The number of benzene rings is 2. The Morgan fingerprint density at radius 1 is 1.17 bits per heavy atom. The molecule has 0 fully saturated rings. The van der Waals surface area contributed by atoms with Crippen LogP contribution in [0.1, 0.15) is 36.8 Å². The second kappa shape index (κ2) is 9.40. The number of rotatable bonds is 7. The van der Waals surface area contributed by atoms with Crippen molar-refractivity contribution in [1.82, 2.24) is 9.62 Å². The molecule has 0 radical (unpaired) electrons. The van der Waals surface area contributed by atoms with Crippen LogP contribution >= 0.6 is 0 Å². The first-order chi connectivity index (χ1) is 14.3. The Morgan fingerprint density at radius 2 is 1.90 bits per heavy atom. The van der Waals surface area contributed by atoms with Crippen LogP contribution < -0.4 is 10.6 Å². The number of likely N-dealkylation sites (N-methyl/N-ethyl adjacent to an activating group) is 1. The molecule has 30 heavy (non-hydrogen) atoms. The lowest BCUT2D eigenvalue weighted by molar-refractivity contribution is -0.121. The predicted molar refractivity (Wildman–Crippen MR) is 116 cm³/mol. The quantitative estimate of drug-likeness (QED) is 0.707. The summed E-state index contributed by atoms with van der Waals surface area (Å²) >= 11 is 0. The maximum Gasteiger partial charge on any atom is 0.243 e. The number of carbonyl (C=O) groups excluding carboxylic acids is 2. The molecule has 2 aromatic rings. The molecule has 3 rings (SSSR count). The highest BCUT2D eigenvalue weighted by Crippen LogP contribution is 2.26. The number of fused-ring (bicyclic) bond motifs is 1. The van der Waals surface area contributed by atoms with Crippen molar-refractivity contribution in [2.75, 3.05) is 25.5 Å². The van der Waals surface area contributed by atoms with Crippen LogP contribution in [0.3, 0.4) is 0 Å². The van der Waals surface area contributed by atoms with Gasteiger partial charge in [-0.1, -0.05) is 37.3 Å². The van der Waals surface area contributed by atoms with E-state index in [1.54, 1.807) is 12.1 Å². The monoisotopic (exact) mass is 429 g/mol. The molecule has 2 aromatic carbocycles. The van der Waals surface area contributed by atoms with Gasteiger partial charge in [0.15, 0.2) is 0 Å². The van der Waals surface area contributed by atoms with E-state index in [0.29, 0.717) is 31.5 Å². The minimum atomic E-state index is -3.82. The zero-order chi connectivity index (χ0) is 21.7. The van der Waals surface area contributed by atoms with Gasteiger partial charge in [0, 0.05) is 25.7 Å². The first-order valence-electron chi connectivity index (χ1n) is 9.98. The van der Waals surface area contributed by atoms with Crippen molar-refractivity contribution in [1.29, 1.82) is 0 Å². The summed E-state index contributed by atoms with van der Waals surface area (Å²) in [5.74, 6) is -0.300. The normalized spacial score (nSPS) is 15.1. The number of carbonyl (C=O) groups is 2. The number of hydrogen-bond acceptors (Lipinski definition) is 4. The average molecular weight is 430 g/mol. The van der Waals surface area contributed by atoms with Crippen molar-refractivity contribution in [2.45, 2.75) is 37.0 Å². The van der Waals surface area contributed by atoms with E-state index >= 15 is 0 Å². The van der Waals surface area contributed by atoms with Crippen LogP contribution in [0.4, 0.5) is 5.69 Å². The number of nitrogens with one attached hydrogen (secondary N) is 2. The molecule has 160 valence electrons. The Kier molecular flexibility index (Phi) is 6.89. The van der Waals surface area contributed by atoms with Gasteiger partial charge in [-0.25, -0.2) is 8.42 Å². The maximum atomic E-state index is 12.9. The number of sulfonamides is 1. The fourth-order valence-corrected chi connectivity index (χ4v) is 4.58. The standard InChI is InChI=1S/C22H27N3O4S/c1-16(17-7-4-3-5-8-17)14-23-22(27)15-25(2)30(28,29)19-11-12-20-18(13-19)9-6-10-21(26)24-20/h3-5,7-8,11-13,16H,6,9-10,14-15H2,1-2H3,(H,23,27)(H,24,26)/t16-/m1/s1. The predicted octanol–water partition coefficient (Wildman–Crippen LogP) is 2.50. The molecule has 8 heteroatoms. The van der Waals surface area contributed by atoms with E-state index in [0.717, 1.165) is 15.4 Å². The van der Waals surface area contributed by atoms with Crippen molar-refractivity contribution >= 4 is 27.5 Å². The Labute approximate surface area is 177 Å². The van der Waals surface area contributed by atoms with Crippen LogP contribution in [0, 0.1) is 0 Å². The van der Waals surface area contributed by atoms with Gasteiger partial charge in [0.2, 0.25) is 21.8 Å². The lowest BCUT2D eigenvalue weighted by Crippen LogP contribution is -2.39. The van der Waals surface area contributed by atoms with Crippen molar-refractivity contribution in [3.05, 3.63) is 59.7 Å². The summed E-state index contributed by atoms with van der Waals surface area (Å²) in [6, 6.07) is 14.5. The number of aryl methyl sites for hydroxylation is 1. The zero-order valence-electron chi connectivity index (χ0n) is 17.2. The second-order valence-electron chi connectivity index (χ2n) is 7.60. The van der Waals surface area contributed by atoms with E-state index in [2.05, 4.69) is 10.6 Å². The molecule has 1 atom stereocenters. The van der Waals surface area contributed by atoms with Crippen LogP contribution in [-0.2, 0) is 26.0 Å². The molecule has 0 unspecified atom stereocenters. The fraction of sp³-hybridized carbons (Fsp3) is 0.364. The van der Waals surface area contributed by atoms with Crippen LogP contribution in [0.5, 0.6) is 0 Å². The Morgan fingerprint density at radius 3 is 2.63 bits per heavy atom. The smallest absolute Gasteiger partial charge is 0.243 e. The van der Waals surface area contributed by atoms with Crippen LogP contribution in [-0.4, -0.2) is 44.7 Å². The molecule has 0 saturated heterocycles. The van der Waals surface area contributed by atoms with E-state index in [9.17, 15) is 18.0 Å². The van der Waals surface area contributed by atoms with Gasteiger partial charge in [-0.2, -0.15) is 4.31 Å². The van der Waals surface area contributed by atoms with Gasteiger partial charge in [0.1, 0.15) is 0 Å². The van der Waals surface area contributed by atoms with E-state index < -0.39 is 10.0 Å². The summed E-state index contributed by atoms with van der Waals surface area (Å²) in [4.78, 5) is 24.1. The molecule has 1 heterocycles. The molecule has 0 aromatic heterocycles. The molecule has 7 nitrogen and oxygen atoms in total. The lowest BCUT2D eigenvalue weighted by atomic mass is 10.0. The summed E-state index contributed by atoms with van der Waals surface area (Å²) in [7, 11) is -2.43. The highest BCUT2D eigenvalue weighted by Gasteiger charge is 2.25. The SMILES string of the molecule is C[C@H](CNC(=O)CN(C)S(=O)(=O)c1ccc2c(c1)CCCC(=O)N2)c1ccccc1. The van der Waals surface area contributed by atoms with E-state index in [1.807, 2.05) is 37.3 Å². The molecule has 0 saturated carbocycles. The molecule has 1 aliphatic rings. The van der Waals surface area contributed by atoms with Crippen molar-refractivity contribution in [3.8, 4) is 0 Å². The van der Waals surface area contributed by atoms with Gasteiger partial charge >= 0.3 is 0 Å². The van der Waals surface area contributed by atoms with Gasteiger partial charge in [-0.3, -0.25) is 9.59 Å². The third kappa shape index (κ3) is 5.25. The summed E-state index contributed by atoms with van der Waals surface area (Å²) in [6.07, 6.45) is 1.71. The van der Waals surface area contributed by atoms with E-state index in [1.165, 1.54) is 13.1 Å². The second-order valence-corrected chi connectivity index (χ2v) is 9.64. The molecule has 2 amide bonds. The number of nitrogens with zero attached hydrogens (tertiary/aromatic N) is 1. The molecule has 2 N–H and O–H groups in total. The van der Waals surface area contributed by atoms with Gasteiger partial charge in [-0.15, -0.1) is 0 Å². The average Bonchev–Trinajstić information content (AvgIpc) is 2.92. The van der Waals surface area contributed by atoms with E-state index in [4.69, 9.17) is 0 Å². The number of hydrogen-bond donors (Lipinski definition) is 2. The Balaban J connectivity index is 1.63. The van der Waals surface area contributed by atoms with Crippen LogP contribution in [0.25, 0.3) is 0 Å². The van der Waals surface area contributed by atoms with Crippen LogP contribution in [0.2, 0.25) is 0 Å². The molecular formula is C22H27N3O4S. The molecule has 0 bridgehead atoms. The highest BCUT2D eigenvalue weighted by atomic mass is 32.2. The summed E-state index contributed by atoms with van der Waals surface area (Å²) in [5.41, 5.74) is 2.54. The topological polar surface area (TPSA) is 95.6 Å². The van der Waals surface area contributed by atoms with Crippen LogP contribution in [0.15, 0.2) is 53.4 Å². The third-order valence-corrected chi connectivity index (χ3v) is 7.05. The molecular weight excluding hydrogens is 402 g/mol. The summed E-state index contributed by atoms with van der Waals surface area (Å²) in [6.45, 7) is 2.16.